The van der Waals surface area contributed by atoms with Crippen molar-refractivity contribution in [3.8, 4) is 0 Å². The van der Waals surface area contributed by atoms with Crippen LogP contribution in [0, 0.1) is 17.3 Å². The van der Waals surface area contributed by atoms with Crippen LogP contribution < -0.4 is 4.90 Å². The van der Waals surface area contributed by atoms with Crippen LogP contribution in [0.2, 0.25) is 0 Å². The molecule has 0 spiro atoms. The first-order valence-corrected chi connectivity index (χ1v) is 15.0. The van der Waals surface area contributed by atoms with Gasteiger partial charge in [-0.05, 0) is 106 Å². The molecule has 5 rings (SSSR count). The second-order valence-electron chi connectivity index (χ2n) is 13.9. The SMILES string of the molecule is CC(=O)O[C@]1(C(O)COC(C)(C)C)CCC2C3CCC4=CC(=O)CCC4=C3C(c3ccc(N(C)C)cc3)C[C@@]21C. The van der Waals surface area contributed by atoms with Crippen LogP contribution in [0.25, 0.3) is 0 Å². The summed E-state index contributed by atoms with van der Waals surface area (Å²) in [5, 5.41) is 11.8. The Hall–Kier alpha value is -2.44. The minimum Gasteiger partial charge on any atom is -0.456 e. The molecule has 6 atom stereocenters. The molecule has 0 heterocycles. The number of ether oxygens (including phenoxy) is 2. The van der Waals surface area contributed by atoms with E-state index in [4.69, 9.17) is 9.47 Å². The number of benzene rings is 1. The number of fused-ring (bicyclic) bond motifs is 4. The van der Waals surface area contributed by atoms with E-state index >= 15 is 0 Å². The zero-order chi connectivity index (χ0) is 29.0. The molecule has 0 aliphatic heterocycles. The van der Waals surface area contributed by atoms with Crippen molar-refractivity contribution in [1.82, 2.24) is 0 Å². The minimum absolute atomic E-state index is 0.120. The number of ketones is 1. The summed E-state index contributed by atoms with van der Waals surface area (Å²) >= 11 is 0. The van der Waals surface area contributed by atoms with Gasteiger partial charge in [0.25, 0.3) is 0 Å². The lowest BCUT2D eigenvalue weighted by Crippen LogP contribution is -2.60. The summed E-state index contributed by atoms with van der Waals surface area (Å²) in [6, 6.07) is 8.83. The summed E-state index contributed by atoms with van der Waals surface area (Å²) < 4.78 is 12.4. The van der Waals surface area contributed by atoms with Crippen molar-refractivity contribution in [3.05, 3.63) is 52.6 Å². The highest BCUT2D eigenvalue weighted by Crippen LogP contribution is 2.68. The van der Waals surface area contributed by atoms with Crippen molar-refractivity contribution in [3.63, 3.8) is 0 Å². The van der Waals surface area contributed by atoms with Crippen LogP contribution in [0.3, 0.4) is 0 Å². The van der Waals surface area contributed by atoms with Crippen molar-refractivity contribution in [1.29, 1.82) is 0 Å². The van der Waals surface area contributed by atoms with Gasteiger partial charge in [0.1, 0.15) is 11.7 Å². The maximum absolute atomic E-state index is 12.7. The number of aliphatic hydroxyl groups excluding tert-OH is 1. The van der Waals surface area contributed by atoms with Gasteiger partial charge in [0.2, 0.25) is 0 Å². The Bertz CT molecular complexity index is 1220. The number of carbonyl (C=O) groups excluding carboxylic acids is 2. The van der Waals surface area contributed by atoms with Gasteiger partial charge >= 0.3 is 5.97 Å². The molecule has 4 aliphatic carbocycles. The number of carbonyl (C=O) groups is 2. The van der Waals surface area contributed by atoms with E-state index in [0.717, 1.165) is 37.8 Å². The van der Waals surface area contributed by atoms with Crippen LogP contribution in [-0.4, -0.2) is 54.9 Å². The Balaban J connectivity index is 1.64. The third-order valence-electron chi connectivity index (χ3n) is 10.3. The normalized spacial score (nSPS) is 32.5. The molecule has 2 saturated carbocycles. The first-order chi connectivity index (χ1) is 18.8. The van der Waals surface area contributed by atoms with E-state index in [1.165, 1.54) is 29.2 Å². The Morgan fingerprint density at radius 1 is 1.12 bits per heavy atom. The standard InChI is InChI=1S/C34H47NO5/c1-21(36)40-34(30(38)20-39-32(2,3)4)17-16-29-27-14-10-23-18-25(37)13-15-26(23)31(27)28(19-33(29,34)5)22-8-11-24(12-9-22)35(6)7/h8-9,11-12,18,27-30,38H,10,13-17,19-20H2,1-7H3/t27?,28?,29?,30?,33-,34-/m0/s1. The monoisotopic (exact) mass is 549 g/mol. The third-order valence-corrected chi connectivity index (χ3v) is 10.3. The second kappa shape index (κ2) is 10.4. The van der Waals surface area contributed by atoms with Gasteiger partial charge in [-0.2, -0.15) is 0 Å². The summed E-state index contributed by atoms with van der Waals surface area (Å²) in [6.07, 6.45) is 6.52. The van der Waals surface area contributed by atoms with E-state index in [1.807, 2.05) is 40.9 Å². The second-order valence-corrected chi connectivity index (χ2v) is 13.9. The van der Waals surface area contributed by atoms with Gasteiger partial charge in [-0.25, -0.2) is 0 Å². The first-order valence-electron chi connectivity index (χ1n) is 15.0. The zero-order valence-corrected chi connectivity index (χ0v) is 25.4. The molecule has 6 heteroatoms. The summed E-state index contributed by atoms with van der Waals surface area (Å²) in [6.45, 7) is 9.77. The number of hydrogen-bond acceptors (Lipinski definition) is 6. The lowest BCUT2D eigenvalue weighted by atomic mass is 9.50. The highest BCUT2D eigenvalue weighted by atomic mass is 16.6. The molecule has 1 aromatic carbocycles. The average molecular weight is 550 g/mol. The fraction of sp³-hybridized carbons (Fsp3) is 0.647. The predicted molar refractivity (Wildman–Crippen MR) is 157 cm³/mol. The van der Waals surface area contributed by atoms with E-state index in [9.17, 15) is 14.7 Å². The van der Waals surface area contributed by atoms with Crippen LogP contribution >= 0.6 is 0 Å². The first kappa shape index (κ1) is 29.1. The molecule has 2 fully saturated rings. The Morgan fingerprint density at radius 3 is 2.45 bits per heavy atom. The Labute approximate surface area is 239 Å². The molecule has 1 N–H and O–H groups in total. The molecule has 40 heavy (non-hydrogen) atoms. The molecular formula is C34H47NO5. The smallest absolute Gasteiger partial charge is 0.303 e. The fourth-order valence-corrected chi connectivity index (χ4v) is 8.49. The third kappa shape index (κ3) is 4.96. The molecule has 0 aromatic heterocycles. The van der Waals surface area contributed by atoms with Crippen molar-refractivity contribution in [2.24, 2.45) is 17.3 Å². The number of anilines is 1. The van der Waals surface area contributed by atoms with Crippen molar-refractivity contribution < 1.29 is 24.2 Å². The van der Waals surface area contributed by atoms with E-state index in [2.05, 4.69) is 36.1 Å². The molecule has 0 bridgehead atoms. The highest BCUT2D eigenvalue weighted by Gasteiger charge is 2.67. The molecule has 1 aromatic rings. The van der Waals surface area contributed by atoms with Gasteiger partial charge in [-0.3, -0.25) is 9.59 Å². The fourth-order valence-electron chi connectivity index (χ4n) is 8.49. The summed E-state index contributed by atoms with van der Waals surface area (Å²) in [7, 11) is 4.10. The number of allylic oxidation sites excluding steroid dienone is 4. The highest BCUT2D eigenvalue weighted by molar-refractivity contribution is 5.93. The summed E-state index contributed by atoms with van der Waals surface area (Å²) in [5.41, 5.74) is 4.63. The van der Waals surface area contributed by atoms with Gasteiger partial charge in [0, 0.05) is 44.5 Å². The van der Waals surface area contributed by atoms with E-state index in [-0.39, 0.29) is 30.2 Å². The van der Waals surface area contributed by atoms with Crippen molar-refractivity contribution in [2.75, 3.05) is 25.6 Å². The predicted octanol–water partition coefficient (Wildman–Crippen LogP) is 6.13. The van der Waals surface area contributed by atoms with Crippen molar-refractivity contribution >= 4 is 17.4 Å². The largest absolute Gasteiger partial charge is 0.456 e. The zero-order valence-electron chi connectivity index (χ0n) is 25.4. The van der Waals surface area contributed by atoms with Crippen LogP contribution in [-0.2, 0) is 19.1 Å². The van der Waals surface area contributed by atoms with Gasteiger partial charge in [0.15, 0.2) is 5.78 Å². The molecule has 6 nitrogen and oxygen atoms in total. The molecular weight excluding hydrogens is 502 g/mol. The van der Waals surface area contributed by atoms with Crippen LogP contribution in [0.1, 0.15) is 91.0 Å². The summed E-state index contributed by atoms with van der Waals surface area (Å²) in [5.74, 6) is 0.605. The Morgan fingerprint density at radius 2 is 1.82 bits per heavy atom. The number of aliphatic hydroxyl groups is 1. The van der Waals surface area contributed by atoms with Crippen LogP contribution in [0.4, 0.5) is 5.69 Å². The van der Waals surface area contributed by atoms with Crippen LogP contribution in [0.5, 0.6) is 0 Å². The van der Waals surface area contributed by atoms with E-state index < -0.39 is 22.7 Å². The topological polar surface area (TPSA) is 76.1 Å². The van der Waals surface area contributed by atoms with Gasteiger partial charge in [-0.15, -0.1) is 0 Å². The number of hydrogen-bond donors (Lipinski definition) is 1. The molecule has 0 amide bonds. The maximum Gasteiger partial charge on any atom is 0.303 e. The molecule has 4 unspecified atom stereocenters. The number of rotatable bonds is 6. The lowest BCUT2D eigenvalue weighted by Gasteiger charge is -2.56. The van der Waals surface area contributed by atoms with Gasteiger partial charge in [-0.1, -0.05) is 24.6 Å². The Kier molecular flexibility index (Phi) is 7.58. The maximum atomic E-state index is 12.7. The van der Waals surface area contributed by atoms with E-state index in [0.29, 0.717) is 18.8 Å². The minimum atomic E-state index is -1.02. The van der Waals surface area contributed by atoms with Crippen molar-refractivity contribution in [2.45, 2.75) is 103 Å². The molecule has 0 radical (unpaired) electrons. The molecule has 4 aliphatic rings. The van der Waals surface area contributed by atoms with Gasteiger partial charge in [0.05, 0.1) is 12.2 Å². The average Bonchev–Trinajstić information content (AvgIpc) is 3.18. The quantitative estimate of drug-likeness (QED) is 0.430. The molecule has 218 valence electrons. The van der Waals surface area contributed by atoms with E-state index in [1.54, 1.807) is 0 Å². The van der Waals surface area contributed by atoms with Gasteiger partial charge < -0.3 is 19.5 Å². The lowest BCUT2D eigenvalue weighted by molar-refractivity contribution is -0.214. The molecule has 0 saturated heterocycles. The summed E-state index contributed by atoms with van der Waals surface area (Å²) in [4.78, 5) is 27.1. The number of nitrogens with zero attached hydrogens (tertiary/aromatic N) is 1. The van der Waals surface area contributed by atoms with Crippen LogP contribution in [0.15, 0.2) is 47.1 Å². The number of esters is 1.